The predicted molar refractivity (Wildman–Crippen MR) is 98.7 cm³/mol. The molecule has 1 atom stereocenters. The fraction of sp³-hybridized carbons (Fsp3) is 0.300. The SMILES string of the molecule is CN1C(=CC(C[N+](=O)[O-])c2ccc(O)cc2)C(C)(C)c2ccccc21. The minimum atomic E-state index is -0.360. The standard InChI is InChI=1S/C20H22N2O3/c1-20(2)17-6-4-5-7-18(17)21(3)19(20)12-15(13-22(24)25)14-8-10-16(23)11-9-14/h4-12,15,23H,13H2,1-3H3. The molecule has 1 aliphatic rings. The molecule has 0 aliphatic carbocycles. The molecule has 25 heavy (non-hydrogen) atoms. The van der Waals surface area contributed by atoms with Crippen LogP contribution in [0.5, 0.6) is 5.75 Å². The molecule has 0 bridgehead atoms. The van der Waals surface area contributed by atoms with Gasteiger partial charge < -0.3 is 10.0 Å². The van der Waals surface area contributed by atoms with Gasteiger partial charge in [0.25, 0.3) is 0 Å². The van der Waals surface area contributed by atoms with Crippen LogP contribution in [-0.2, 0) is 5.41 Å². The van der Waals surface area contributed by atoms with Crippen LogP contribution in [0.15, 0.2) is 60.3 Å². The van der Waals surface area contributed by atoms with Gasteiger partial charge in [-0.05, 0) is 29.3 Å². The first kappa shape index (κ1) is 17.0. The van der Waals surface area contributed by atoms with Crippen molar-refractivity contribution < 1.29 is 10.0 Å². The largest absolute Gasteiger partial charge is 0.508 e. The van der Waals surface area contributed by atoms with E-state index in [0.717, 1.165) is 16.9 Å². The van der Waals surface area contributed by atoms with E-state index in [2.05, 4.69) is 30.9 Å². The summed E-state index contributed by atoms with van der Waals surface area (Å²) >= 11 is 0. The molecule has 5 nitrogen and oxygen atoms in total. The van der Waals surface area contributed by atoms with Gasteiger partial charge in [0.2, 0.25) is 6.54 Å². The number of hydrogen-bond acceptors (Lipinski definition) is 4. The Kier molecular flexibility index (Phi) is 4.25. The van der Waals surface area contributed by atoms with E-state index in [0.29, 0.717) is 0 Å². The Morgan fingerprint density at radius 2 is 1.84 bits per heavy atom. The lowest BCUT2D eigenvalue weighted by Crippen LogP contribution is -2.24. The van der Waals surface area contributed by atoms with Crippen LogP contribution in [0, 0.1) is 10.1 Å². The summed E-state index contributed by atoms with van der Waals surface area (Å²) in [5, 5.41) is 20.7. The van der Waals surface area contributed by atoms with Crippen molar-refractivity contribution in [1.29, 1.82) is 0 Å². The van der Waals surface area contributed by atoms with Crippen molar-refractivity contribution >= 4 is 5.69 Å². The minimum absolute atomic E-state index is 0.155. The first-order valence-electron chi connectivity index (χ1n) is 8.27. The van der Waals surface area contributed by atoms with Gasteiger partial charge in [-0.2, -0.15) is 0 Å². The molecule has 0 saturated heterocycles. The maximum Gasteiger partial charge on any atom is 0.214 e. The second kappa shape index (κ2) is 6.24. The molecule has 0 spiro atoms. The van der Waals surface area contributed by atoms with Crippen LogP contribution in [0.2, 0.25) is 0 Å². The highest BCUT2D eigenvalue weighted by Crippen LogP contribution is 2.47. The maximum atomic E-state index is 11.2. The second-order valence-electron chi connectivity index (χ2n) is 6.97. The molecule has 0 radical (unpaired) electrons. The summed E-state index contributed by atoms with van der Waals surface area (Å²) < 4.78 is 0. The number of nitrogens with zero attached hydrogens (tertiary/aromatic N) is 2. The lowest BCUT2D eigenvalue weighted by Gasteiger charge is -2.26. The quantitative estimate of drug-likeness (QED) is 0.674. The van der Waals surface area contributed by atoms with Crippen molar-refractivity contribution in [3.05, 3.63) is 81.5 Å². The lowest BCUT2D eigenvalue weighted by molar-refractivity contribution is -0.481. The van der Waals surface area contributed by atoms with Crippen LogP contribution in [-0.4, -0.2) is 23.6 Å². The number of fused-ring (bicyclic) bond motifs is 1. The number of allylic oxidation sites excluding steroid dienone is 1. The first-order valence-corrected chi connectivity index (χ1v) is 8.27. The van der Waals surface area contributed by atoms with Crippen LogP contribution >= 0.6 is 0 Å². The average Bonchev–Trinajstić information content (AvgIpc) is 2.76. The summed E-state index contributed by atoms with van der Waals surface area (Å²) in [5.41, 5.74) is 3.99. The number of phenolic OH excluding ortho intramolecular Hbond substituents is 1. The van der Waals surface area contributed by atoms with Gasteiger partial charge in [0.1, 0.15) is 5.75 Å². The smallest absolute Gasteiger partial charge is 0.214 e. The summed E-state index contributed by atoms with van der Waals surface area (Å²) in [5.74, 6) is -0.205. The van der Waals surface area contributed by atoms with Crippen LogP contribution in [0.3, 0.4) is 0 Å². The molecule has 1 heterocycles. The topological polar surface area (TPSA) is 66.6 Å². The highest BCUT2D eigenvalue weighted by atomic mass is 16.6. The molecule has 0 aromatic heterocycles. The number of anilines is 1. The number of likely N-dealkylation sites (N-methyl/N-ethyl adjacent to an activating group) is 1. The third-order valence-electron chi connectivity index (χ3n) is 4.97. The molecular formula is C20H22N2O3. The Morgan fingerprint density at radius 3 is 2.44 bits per heavy atom. The normalized spacial score (nSPS) is 18.2. The zero-order chi connectivity index (χ0) is 18.2. The Bertz CT molecular complexity index is 825. The fourth-order valence-corrected chi connectivity index (χ4v) is 3.63. The van der Waals surface area contributed by atoms with Gasteiger partial charge in [0.05, 0.1) is 5.92 Å². The minimum Gasteiger partial charge on any atom is -0.508 e. The molecule has 1 N–H and O–H groups in total. The van der Waals surface area contributed by atoms with Crippen molar-refractivity contribution in [2.75, 3.05) is 18.5 Å². The summed E-state index contributed by atoms with van der Waals surface area (Å²) in [6.07, 6.45) is 2.00. The van der Waals surface area contributed by atoms with E-state index in [1.807, 2.05) is 25.3 Å². The van der Waals surface area contributed by atoms with E-state index in [4.69, 9.17) is 0 Å². The molecule has 130 valence electrons. The monoisotopic (exact) mass is 338 g/mol. The summed E-state index contributed by atoms with van der Waals surface area (Å²) in [4.78, 5) is 13.0. The van der Waals surface area contributed by atoms with E-state index < -0.39 is 0 Å². The summed E-state index contributed by atoms with van der Waals surface area (Å²) in [6, 6.07) is 14.8. The molecule has 2 aromatic carbocycles. The van der Waals surface area contributed by atoms with Gasteiger partial charge in [0.15, 0.2) is 0 Å². The van der Waals surface area contributed by atoms with Crippen molar-refractivity contribution in [1.82, 2.24) is 0 Å². The molecule has 2 aromatic rings. The number of phenols is 1. The van der Waals surface area contributed by atoms with Gasteiger partial charge in [-0.3, -0.25) is 10.1 Å². The summed E-state index contributed by atoms with van der Waals surface area (Å²) in [7, 11) is 2.00. The number of benzene rings is 2. The van der Waals surface area contributed by atoms with Gasteiger partial charge in [-0.25, -0.2) is 0 Å². The fourth-order valence-electron chi connectivity index (χ4n) is 3.63. The Balaban J connectivity index is 2.06. The van der Waals surface area contributed by atoms with Gasteiger partial charge >= 0.3 is 0 Å². The van der Waals surface area contributed by atoms with Crippen LogP contribution in [0.4, 0.5) is 5.69 Å². The van der Waals surface area contributed by atoms with Gasteiger partial charge in [-0.15, -0.1) is 0 Å². The molecule has 0 fully saturated rings. The van der Waals surface area contributed by atoms with Gasteiger partial charge in [-0.1, -0.05) is 50.3 Å². The zero-order valence-electron chi connectivity index (χ0n) is 14.6. The van der Waals surface area contributed by atoms with Crippen molar-refractivity contribution in [3.63, 3.8) is 0 Å². The van der Waals surface area contributed by atoms with Crippen molar-refractivity contribution in [2.45, 2.75) is 25.2 Å². The van der Waals surface area contributed by atoms with Crippen molar-refractivity contribution in [3.8, 4) is 5.75 Å². The van der Waals surface area contributed by atoms with Crippen LogP contribution < -0.4 is 4.90 Å². The molecule has 1 aliphatic heterocycles. The maximum absolute atomic E-state index is 11.2. The highest BCUT2D eigenvalue weighted by Gasteiger charge is 2.38. The molecule has 1 unspecified atom stereocenters. The zero-order valence-corrected chi connectivity index (χ0v) is 14.6. The van der Waals surface area contributed by atoms with Crippen LogP contribution in [0.1, 0.15) is 30.9 Å². The Labute approximate surface area is 147 Å². The third kappa shape index (κ3) is 3.09. The number of aromatic hydroxyl groups is 1. The van der Waals surface area contributed by atoms with Gasteiger partial charge in [0, 0.05) is 28.8 Å². The highest BCUT2D eigenvalue weighted by molar-refractivity contribution is 5.69. The molecular weight excluding hydrogens is 316 g/mol. The molecule has 3 rings (SSSR count). The lowest BCUT2D eigenvalue weighted by atomic mass is 9.82. The first-order chi connectivity index (χ1) is 11.8. The summed E-state index contributed by atoms with van der Waals surface area (Å²) in [6.45, 7) is 4.09. The number of para-hydroxylation sites is 1. The Hall–Kier alpha value is -2.82. The number of nitro groups is 1. The van der Waals surface area contributed by atoms with E-state index in [1.54, 1.807) is 24.3 Å². The number of hydrogen-bond donors (Lipinski definition) is 1. The van der Waals surface area contributed by atoms with E-state index in [-0.39, 0.29) is 28.6 Å². The molecule has 5 heteroatoms. The van der Waals surface area contributed by atoms with Crippen LogP contribution in [0.25, 0.3) is 0 Å². The third-order valence-corrected chi connectivity index (χ3v) is 4.97. The average molecular weight is 338 g/mol. The molecule has 0 amide bonds. The second-order valence-corrected chi connectivity index (χ2v) is 6.97. The van der Waals surface area contributed by atoms with E-state index in [9.17, 15) is 15.2 Å². The van der Waals surface area contributed by atoms with E-state index in [1.165, 1.54) is 5.56 Å². The Morgan fingerprint density at radius 1 is 1.20 bits per heavy atom. The number of rotatable bonds is 4. The molecule has 0 saturated carbocycles. The van der Waals surface area contributed by atoms with Crippen molar-refractivity contribution in [2.24, 2.45) is 0 Å². The van der Waals surface area contributed by atoms with E-state index >= 15 is 0 Å². The predicted octanol–water partition coefficient (Wildman–Crippen LogP) is 4.06.